The monoisotopic (exact) mass is 239 g/mol. The molecule has 8 heteroatoms. The Morgan fingerprint density at radius 1 is 1.71 bits per heavy atom. The first-order valence-electron chi connectivity index (χ1n) is 3.97. The lowest BCUT2D eigenvalue weighted by molar-refractivity contribution is 0.296. The number of hydrogen-bond donors (Lipinski definition) is 2. The van der Waals surface area contributed by atoms with E-state index >= 15 is 0 Å². The molecule has 3 N–H and O–H groups in total. The molecule has 1 aliphatic rings. The van der Waals surface area contributed by atoms with E-state index < -0.39 is 15.2 Å². The topological polar surface area (TPSA) is 96.0 Å². The van der Waals surface area contributed by atoms with Gasteiger partial charge in [-0.1, -0.05) is 5.16 Å². The maximum Gasteiger partial charge on any atom is 0.234 e. The van der Waals surface area contributed by atoms with E-state index in [0.717, 1.165) is 12.0 Å². The second-order valence-electron chi connectivity index (χ2n) is 3.01. The van der Waals surface area contributed by atoms with Gasteiger partial charge in [0.2, 0.25) is 5.96 Å². The van der Waals surface area contributed by atoms with E-state index in [2.05, 4.69) is 5.16 Å². The van der Waals surface area contributed by atoms with E-state index in [1.165, 1.54) is 4.90 Å². The largest absolute Gasteiger partial charge is 0.408 e. The standard InChI is InChI=1S/C6H13N3O3S2/c1-14(11,12)5-4-13-3-2-9(5)6(7)8-10/h5,10H,2-4H2,1H3,(H2,7,8). The van der Waals surface area contributed by atoms with Crippen LogP contribution in [-0.4, -0.2) is 54.2 Å². The third-order valence-electron chi connectivity index (χ3n) is 1.98. The van der Waals surface area contributed by atoms with Crippen LogP contribution in [0.4, 0.5) is 0 Å². The van der Waals surface area contributed by atoms with E-state index in [9.17, 15) is 8.42 Å². The van der Waals surface area contributed by atoms with Gasteiger partial charge in [0.25, 0.3) is 0 Å². The molecule has 1 fully saturated rings. The Kier molecular flexibility index (Phi) is 3.48. The summed E-state index contributed by atoms with van der Waals surface area (Å²) >= 11 is 1.55. The van der Waals surface area contributed by atoms with Crippen molar-refractivity contribution < 1.29 is 13.6 Å². The van der Waals surface area contributed by atoms with Crippen LogP contribution in [0.3, 0.4) is 0 Å². The van der Waals surface area contributed by atoms with E-state index in [-0.39, 0.29) is 5.96 Å². The van der Waals surface area contributed by atoms with Crippen LogP contribution in [0.1, 0.15) is 0 Å². The summed E-state index contributed by atoms with van der Waals surface area (Å²) < 4.78 is 22.7. The minimum absolute atomic E-state index is 0.138. The van der Waals surface area contributed by atoms with Crippen LogP contribution >= 0.6 is 11.8 Å². The van der Waals surface area contributed by atoms with Crippen LogP contribution in [-0.2, 0) is 9.84 Å². The number of thioether (sulfide) groups is 1. The lowest BCUT2D eigenvalue weighted by Crippen LogP contribution is -2.52. The molecule has 0 bridgehead atoms. The number of hydrogen-bond acceptors (Lipinski definition) is 5. The van der Waals surface area contributed by atoms with Gasteiger partial charge < -0.3 is 15.8 Å². The first-order chi connectivity index (χ1) is 6.46. The molecular formula is C6H13N3O3S2. The average molecular weight is 239 g/mol. The van der Waals surface area contributed by atoms with Crippen molar-refractivity contribution in [1.82, 2.24) is 4.90 Å². The van der Waals surface area contributed by atoms with Crippen LogP contribution in [0.15, 0.2) is 5.16 Å². The molecule has 1 rings (SSSR count). The van der Waals surface area contributed by atoms with Crippen molar-refractivity contribution in [2.24, 2.45) is 10.9 Å². The van der Waals surface area contributed by atoms with Crippen molar-refractivity contribution in [2.45, 2.75) is 5.37 Å². The molecule has 1 heterocycles. The van der Waals surface area contributed by atoms with Crippen LogP contribution in [0.2, 0.25) is 0 Å². The number of guanidine groups is 1. The Labute approximate surface area is 87.0 Å². The first-order valence-corrected chi connectivity index (χ1v) is 7.08. The predicted molar refractivity (Wildman–Crippen MR) is 56.1 cm³/mol. The Balaban J connectivity index is 2.91. The molecule has 14 heavy (non-hydrogen) atoms. The molecule has 0 amide bonds. The third kappa shape index (κ3) is 2.44. The number of rotatable bonds is 1. The highest BCUT2D eigenvalue weighted by atomic mass is 32.2. The molecule has 0 aromatic rings. The second kappa shape index (κ2) is 4.26. The summed E-state index contributed by atoms with van der Waals surface area (Å²) in [4.78, 5) is 1.41. The molecule has 0 saturated carbocycles. The second-order valence-corrected chi connectivity index (χ2v) is 6.36. The minimum atomic E-state index is -3.20. The third-order valence-corrected chi connectivity index (χ3v) is 4.62. The zero-order chi connectivity index (χ0) is 10.8. The molecule has 0 aromatic carbocycles. The number of nitrogens with two attached hydrogens (primary N) is 1. The number of sulfone groups is 1. The van der Waals surface area contributed by atoms with Gasteiger partial charge in [-0.05, 0) is 0 Å². The minimum Gasteiger partial charge on any atom is -0.408 e. The Morgan fingerprint density at radius 2 is 2.36 bits per heavy atom. The normalized spacial score (nSPS) is 25.1. The molecule has 6 nitrogen and oxygen atoms in total. The SMILES string of the molecule is CS(=O)(=O)C1CSCCN1C(N)=NO. The van der Waals surface area contributed by atoms with Gasteiger partial charge in [0.05, 0.1) is 0 Å². The smallest absolute Gasteiger partial charge is 0.234 e. The van der Waals surface area contributed by atoms with Crippen molar-refractivity contribution in [1.29, 1.82) is 0 Å². The van der Waals surface area contributed by atoms with Crippen molar-refractivity contribution in [3.8, 4) is 0 Å². The van der Waals surface area contributed by atoms with E-state index in [0.29, 0.717) is 12.3 Å². The highest BCUT2D eigenvalue weighted by Gasteiger charge is 2.32. The predicted octanol–water partition coefficient (Wildman–Crippen LogP) is -0.890. The van der Waals surface area contributed by atoms with Gasteiger partial charge >= 0.3 is 0 Å². The molecule has 1 unspecified atom stereocenters. The first kappa shape index (κ1) is 11.4. The Morgan fingerprint density at radius 3 is 2.86 bits per heavy atom. The number of nitrogens with zero attached hydrogens (tertiary/aromatic N) is 2. The van der Waals surface area contributed by atoms with E-state index in [1.807, 2.05) is 0 Å². The summed E-state index contributed by atoms with van der Waals surface area (Å²) in [5.41, 5.74) is 5.39. The molecule has 0 aromatic heterocycles. The quantitative estimate of drug-likeness (QED) is 0.267. The summed E-state index contributed by atoms with van der Waals surface area (Å²) in [6.07, 6.45) is 1.15. The summed E-state index contributed by atoms with van der Waals surface area (Å²) in [6.45, 7) is 0.484. The maximum absolute atomic E-state index is 11.4. The average Bonchev–Trinajstić information content (AvgIpc) is 2.15. The Hall–Kier alpha value is -0.630. The molecule has 0 spiro atoms. The fraction of sp³-hybridized carbons (Fsp3) is 0.833. The number of oxime groups is 1. The summed E-state index contributed by atoms with van der Waals surface area (Å²) in [5.74, 6) is 1.10. The molecule has 1 atom stereocenters. The zero-order valence-corrected chi connectivity index (χ0v) is 9.38. The lowest BCUT2D eigenvalue weighted by atomic mass is 10.5. The highest BCUT2D eigenvalue weighted by molar-refractivity contribution is 8.00. The zero-order valence-electron chi connectivity index (χ0n) is 7.75. The van der Waals surface area contributed by atoms with E-state index in [4.69, 9.17) is 10.9 Å². The lowest BCUT2D eigenvalue weighted by Gasteiger charge is -2.33. The molecule has 1 saturated heterocycles. The van der Waals surface area contributed by atoms with Gasteiger partial charge in [0.1, 0.15) is 5.37 Å². The van der Waals surface area contributed by atoms with Gasteiger partial charge in [0, 0.05) is 24.3 Å². The van der Waals surface area contributed by atoms with Gasteiger partial charge in [0.15, 0.2) is 9.84 Å². The molecule has 82 valence electrons. The van der Waals surface area contributed by atoms with Crippen molar-refractivity contribution >= 4 is 27.6 Å². The van der Waals surface area contributed by atoms with Crippen molar-refractivity contribution in [2.75, 3.05) is 24.3 Å². The summed E-state index contributed by atoms with van der Waals surface area (Å²) in [7, 11) is -3.20. The van der Waals surface area contributed by atoms with Crippen LogP contribution < -0.4 is 5.73 Å². The Bertz CT molecular complexity index is 327. The molecule has 1 aliphatic heterocycles. The van der Waals surface area contributed by atoms with Crippen molar-refractivity contribution in [3.63, 3.8) is 0 Å². The fourth-order valence-electron chi connectivity index (χ4n) is 1.26. The fourth-order valence-corrected chi connectivity index (χ4v) is 4.08. The maximum atomic E-state index is 11.4. The van der Waals surface area contributed by atoms with Crippen LogP contribution in [0.5, 0.6) is 0 Å². The van der Waals surface area contributed by atoms with Gasteiger partial charge in [-0.15, -0.1) is 0 Å². The van der Waals surface area contributed by atoms with Crippen LogP contribution in [0.25, 0.3) is 0 Å². The molecular weight excluding hydrogens is 226 g/mol. The van der Waals surface area contributed by atoms with Crippen LogP contribution in [0, 0.1) is 0 Å². The summed E-state index contributed by atoms with van der Waals surface area (Å²) in [6, 6.07) is 0. The van der Waals surface area contributed by atoms with Gasteiger partial charge in [-0.3, -0.25) is 0 Å². The van der Waals surface area contributed by atoms with E-state index in [1.54, 1.807) is 11.8 Å². The van der Waals surface area contributed by atoms with Gasteiger partial charge in [-0.25, -0.2) is 8.42 Å². The summed E-state index contributed by atoms with van der Waals surface area (Å²) in [5, 5.41) is 10.6. The van der Waals surface area contributed by atoms with Crippen molar-refractivity contribution in [3.05, 3.63) is 0 Å². The highest BCUT2D eigenvalue weighted by Crippen LogP contribution is 2.19. The molecule has 0 aliphatic carbocycles. The van der Waals surface area contributed by atoms with Gasteiger partial charge in [-0.2, -0.15) is 11.8 Å². The molecule has 0 radical (unpaired) electrons.